The Morgan fingerprint density at radius 2 is 1.92 bits per heavy atom. The van der Waals surface area contributed by atoms with E-state index in [1.807, 2.05) is 24.0 Å². The average molecular weight is 521 g/mol. The molecule has 2 aromatic carbocycles. The van der Waals surface area contributed by atoms with Gasteiger partial charge in [-0.1, -0.05) is 0 Å². The van der Waals surface area contributed by atoms with Gasteiger partial charge in [0, 0.05) is 55.4 Å². The van der Waals surface area contributed by atoms with Gasteiger partial charge in [-0.3, -0.25) is 9.20 Å². The zero-order chi connectivity index (χ0) is 26.4. The molecule has 196 valence electrons. The normalized spacial score (nSPS) is 19.0. The number of halogens is 2. The molecule has 0 unspecified atom stereocenters. The second kappa shape index (κ2) is 9.66. The van der Waals surface area contributed by atoms with Crippen molar-refractivity contribution < 1.29 is 23.0 Å². The van der Waals surface area contributed by atoms with Crippen molar-refractivity contribution in [2.24, 2.45) is 0 Å². The van der Waals surface area contributed by atoms with E-state index >= 15 is 0 Å². The van der Waals surface area contributed by atoms with Crippen LogP contribution in [-0.4, -0.2) is 70.7 Å². The van der Waals surface area contributed by atoms with Crippen LogP contribution in [0.5, 0.6) is 5.75 Å². The molecule has 6 rings (SSSR count). The van der Waals surface area contributed by atoms with E-state index in [0.29, 0.717) is 41.5 Å². The topological polar surface area (TPSA) is 93.0 Å². The van der Waals surface area contributed by atoms with Crippen molar-refractivity contribution in [2.75, 3.05) is 38.6 Å². The van der Waals surface area contributed by atoms with E-state index in [-0.39, 0.29) is 29.4 Å². The third-order valence-electron chi connectivity index (χ3n) is 6.95. The number of methoxy groups -OCH3 is 1. The Hall–Kier alpha value is -4.09. The van der Waals surface area contributed by atoms with Crippen LogP contribution in [0.3, 0.4) is 0 Å². The van der Waals surface area contributed by atoms with Gasteiger partial charge in [0.1, 0.15) is 0 Å². The second-order valence-corrected chi connectivity index (χ2v) is 9.46. The smallest absolute Gasteiger partial charge is 0.254 e. The van der Waals surface area contributed by atoms with E-state index in [1.165, 1.54) is 25.4 Å². The summed E-state index contributed by atoms with van der Waals surface area (Å²) in [5.74, 6) is -1.83. The number of aromatic nitrogens is 3. The zero-order valence-electron chi connectivity index (χ0n) is 20.9. The van der Waals surface area contributed by atoms with Crippen molar-refractivity contribution in [1.29, 1.82) is 0 Å². The van der Waals surface area contributed by atoms with Crippen molar-refractivity contribution in [3.8, 4) is 17.0 Å². The van der Waals surface area contributed by atoms with Crippen LogP contribution in [0.1, 0.15) is 15.9 Å². The lowest BCUT2D eigenvalue weighted by atomic mass is 10.0. The van der Waals surface area contributed by atoms with E-state index in [0.717, 1.165) is 18.7 Å². The lowest BCUT2D eigenvalue weighted by Gasteiger charge is -2.42. The highest BCUT2D eigenvalue weighted by atomic mass is 19.2. The lowest BCUT2D eigenvalue weighted by molar-refractivity contribution is -0.0930. The first-order valence-electron chi connectivity index (χ1n) is 12.3. The molecule has 9 nitrogen and oxygen atoms in total. The maximum atomic E-state index is 14.8. The van der Waals surface area contributed by atoms with E-state index in [4.69, 9.17) is 9.47 Å². The number of rotatable bonds is 5. The van der Waals surface area contributed by atoms with Gasteiger partial charge in [0.15, 0.2) is 23.0 Å². The molecule has 0 spiro atoms. The predicted molar refractivity (Wildman–Crippen MR) is 137 cm³/mol. The number of nitrogens with one attached hydrogen (secondary N) is 2. The largest absolute Gasteiger partial charge is 0.494 e. The van der Waals surface area contributed by atoms with Crippen molar-refractivity contribution in [3.63, 3.8) is 0 Å². The van der Waals surface area contributed by atoms with Crippen LogP contribution in [-0.2, 0) is 4.74 Å². The first-order chi connectivity index (χ1) is 18.4. The first-order valence-corrected chi connectivity index (χ1v) is 12.3. The van der Waals surface area contributed by atoms with E-state index in [2.05, 4.69) is 20.6 Å². The molecular formula is C27H26F2N6O3. The number of aryl methyl sites for hydroxylation is 1. The Bertz CT molecular complexity index is 1530. The average Bonchev–Trinajstić information content (AvgIpc) is 3.35. The van der Waals surface area contributed by atoms with Gasteiger partial charge in [-0.25, -0.2) is 14.4 Å². The third-order valence-corrected chi connectivity index (χ3v) is 6.95. The summed E-state index contributed by atoms with van der Waals surface area (Å²) in [6.45, 7) is 4.51. The number of hydrogen-bond donors (Lipinski definition) is 2. The van der Waals surface area contributed by atoms with Crippen LogP contribution in [0.25, 0.3) is 16.9 Å². The Morgan fingerprint density at radius 3 is 2.66 bits per heavy atom. The molecule has 11 heteroatoms. The van der Waals surface area contributed by atoms with Crippen LogP contribution >= 0.6 is 0 Å². The number of amides is 1. The molecule has 2 fully saturated rings. The number of fused-ring (bicyclic) bond motifs is 3. The van der Waals surface area contributed by atoms with Gasteiger partial charge in [-0.05, 0) is 42.8 Å². The van der Waals surface area contributed by atoms with Crippen LogP contribution in [0.4, 0.5) is 20.3 Å². The van der Waals surface area contributed by atoms with Crippen molar-refractivity contribution in [3.05, 3.63) is 71.7 Å². The molecule has 2 aliphatic rings. The standard InChI is InChI=1S/C27H26F2N6O3/c1-15-9-16(3-4-19(15)27(36)34-13-17-10-30-11-18(14-34)38-17)33-25-26-32-12-21(35(26)8-7-31-25)20-5-6-22(37-2)24(29)23(20)28/h3-9,12,17-18,30H,10-11,13-14H2,1-2H3,(H,31,33)/t17-,18+. The van der Waals surface area contributed by atoms with Gasteiger partial charge in [0.05, 0.1) is 31.2 Å². The minimum Gasteiger partial charge on any atom is -0.494 e. The van der Waals surface area contributed by atoms with Gasteiger partial charge >= 0.3 is 0 Å². The number of anilines is 2. The van der Waals surface area contributed by atoms with Crippen molar-refractivity contribution in [2.45, 2.75) is 19.1 Å². The lowest BCUT2D eigenvalue weighted by Crippen LogP contribution is -2.59. The molecule has 4 heterocycles. The summed E-state index contributed by atoms with van der Waals surface area (Å²) in [6, 6.07) is 8.32. The van der Waals surface area contributed by atoms with Crippen LogP contribution in [0.15, 0.2) is 48.9 Å². The number of carbonyl (C=O) groups is 1. The summed E-state index contributed by atoms with van der Waals surface area (Å²) in [4.78, 5) is 23.9. The van der Waals surface area contributed by atoms with Crippen LogP contribution < -0.4 is 15.4 Å². The number of carbonyl (C=O) groups excluding carboxylic acids is 1. The Balaban J connectivity index is 1.26. The fourth-order valence-electron chi connectivity index (χ4n) is 5.10. The molecule has 0 radical (unpaired) electrons. The zero-order valence-corrected chi connectivity index (χ0v) is 20.9. The Kier molecular flexibility index (Phi) is 6.16. The van der Waals surface area contributed by atoms with Crippen molar-refractivity contribution >= 4 is 23.1 Å². The van der Waals surface area contributed by atoms with E-state index in [9.17, 15) is 13.6 Å². The fraction of sp³-hybridized carbons (Fsp3) is 0.296. The maximum Gasteiger partial charge on any atom is 0.254 e. The minimum absolute atomic E-state index is 0.0128. The Labute approximate surface area is 217 Å². The van der Waals surface area contributed by atoms with Gasteiger partial charge < -0.3 is 25.0 Å². The molecule has 2 N–H and O–H groups in total. The highest BCUT2D eigenvalue weighted by Gasteiger charge is 2.34. The number of ether oxygens (including phenoxy) is 2. The van der Waals surface area contributed by atoms with Gasteiger partial charge in [-0.15, -0.1) is 0 Å². The number of hydrogen-bond acceptors (Lipinski definition) is 7. The number of nitrogens with zero attached hydrogens (tertiary/aromatic N) is 4. The summed E-state index contributed by atoms with van der Waals surface area (Å²) >= 11 is 0. The molecule has 2 aromatic heterocycles. The molecule has 2 saturated heterocycles. The molecule has 2 atom stereocenters. The van der Waals surface area contributed by atoms with E-state index in [1.54, 1.807) is 22.9 Å². The molecule has 38 heavy (non-hydrogen) atoms. The quantitative estimate of drug-likeness (QED) is 0.416. The third kappa shape index (κ3) is 4.23. The van der Waals surface area contributed by atoms with Gasteiger partial charge in [0.25, 0.3) is 5.91 Å². The van der Waals surface area contributed by atoms with Crippen LogP contribution in [0.2, 0.25) is 0 Å². The molecular weight excluding hydrogens is 494 g/mol. The molecule has 0 aliphatic carbocycles. The second-order valence-electron chi connectivity index (χ2n) is 9.46. The molecule has 1 amide bonds. The number of benzene rings is 2. The summed E-state index contributed by atoms with van der Waals surface area (Å²) in [7, 11) is 1.28. The van der Waals surface area contributed by atoms with E-state index < -0.39 is 11.6 Å². The number of imidazole rings is 1. The summed E-state index contributed by atoms with van der Waals surface area (Å²) in [6.07, 6.45) is 4.67. The molecule has 2 bridgehead atoms. The summed E-state index contributed by atoms with van der Waals surface area (Å²) in [5, 5.41) is 6.58. The van der Waals surface area contributed by atoms with Crippen LogP contribution in [0, 0.1) is 18.6 Å². The Morgan fingerprint density at radius 1 is 1.13 bits per heavy atom. The van der Waals surface area contributed by atoms with Crippen molar-refractivity contribution in [1.82, 2.24) is 24.6 Å². The molecule has 2 aliphatic heterocycles. The summed E-state index contributed by atoms with van der Waals surface area (Å²) in [5.41, 5.74) is 3.02. The highest BCUT2D eigenvalue weighted by Crippen LogP contribution is 2.32. The summed E-state index contributed by atoms with van der Waals surface area (Å²) < 4.78 is 41.5. The van der Waals surface area contributed by atoms with Gasteiger partial charge in [-0.2, -0.15) is 4.39 Å². The first kappa shape index (κ1) is 24.3. The molecule has 4 aromatic rings. The fourth-order valence-corrected chi connectivity index (χ4v) is 5.10. The van der Waals surface area contributed by atoms with Gasteiger partial charge in [0.2, 0.25) is 5.82 Å². The SMILES string of the molecule is COc1ccc(-c2cnc3c(Nc4ccc(C(=O)N5C[C@H]6CNC[C@@H](C5)O6)c(C)c4)nccn23)c(F)c1F. The minimum atomic E-state index is -1.06. The maximum absolute atomic E-state index is 14.8. The number of morpholine rings is 2. The predicted octanol–water partition coefficient (Wildman–Crippen LogP) is 3.55. The molecule has 0 saturated carbocycles. The highest BCUT2D eigenvalue weighted by molar-refractivity contribution is 5.96. The monoisotopic (exact) mass is 520 g/mol.